The number of Topliss-reactive ketones (excluding diaryl/α,β-unsaturated/α-hetero) is 1. The van der Waals surface area contributed by atoms with Crippen LogP contribution in [-0.2, 0) is 9.53 Å². The molecular formula is C23H25NO7. The van der Waals surface area contributed by atoms with Gasteiger partial charge in [0.2, 0.25) is 5.78 Å². The fraction of sp³-hybridized carbons (Fsp3) is 0.391. The summed E-state index contributed by atoms with van der Waals surface area (Å²) in [5, 5.41) is 10.7. The number of aliphatic hydroxyl groups excluding tert-OH is 1. The van der Waals surface area contributed by atoms with Crippen molar-refractivity contribution in [2.45, 2.75) is 31.9 Å². The first-order chi connectivity index (χ1) is 15.0. The zero-order valence-corrected chi connectivity index (χ0v) is 17.5. The molecule has 31 heavy (non-hydrogen) atoms. The first-order valence-corrected chi connectivity index (χ1v) is 10.3. The third kappa shape index (κ3) is 3.90. The van der Waals surface area contributed by atoms with Gasteiger partial charge in [-0.15, -0.1) is 0 Å². The monoisotopic (exact) mass is 427 g/mol. The third-order valence-corrected chi connectivity index (χ3v) is 5.52. The molecule has 8 nitrogen and oxygen atoms in total. The number of aliphatic hydroxyl groups is 1. The van der Waals surface area contributed by atoms with Gasteiger partial charge in [0.05, 0.1) is 37.7 Å². The number of carbonyl (C=O) groups excluding carboxylic acids is 2. The quantitative estimate of drug-likeness (QED) is 0.644. The van der Waals surface area contributed by atoms with Crippen molar-refractivity contribution in [1.82, 2.24) is 4.90 Å². The molecule has 0 saturated carbocycles. The number of hydrogen-bond donors (Lipinski definition) is 1. The van der Waals surface area contributed by atoms with E-state index in [4.69, 9.17) is 18.6 Å². The molecule has 2 aliphatic heterocycles. The molecule has 2 aliphatic rings. The first kappa shape index (κ1) is 21.0. The molecule has 8 heteroatoms. The van der Waals surface area contributed by atoms with Gasteiger partial charge in [0, 0.05) is 13.2 Å². The number of nitrogens with zero attached hydrogens (tertiary/aromatic N) is 1. The van der Waals surface area contributed by atoms with Gasteiger partial charge < -0.3 is 28.6 Å². The molecule has 1 aromatic carbocycles. The lowest BCUT2D eigenvalue weighted by Crippen LogP contribution is -2.37. The molecule has 2 atom stereocenters. The van der Waals surface area contributed by atoms with Crippen LogP contribution in [0.2, 0.25) is 0 Å². The van der Waals surface area contributed by atoms with Crippen molar-refractivity contribution in [3.63, 3.8) is 0 Å². The molecule has 3 heterocycles. The van der Waals surface area contributed by atoms with Crippen LogP contribution < -0.4 is 9.47 Å². The summed E-state index contributed by atoms with van der Waals surface area (Å²) in [5.41, 5.74) is 0.592. The molecule has 1 aromatic heterocycles. The summed E-state index contributed by atoms with van der Waals surface area (Å²) in [5.74, 6) is -0.642. The zero-order chi connectivity index (χ0) is 22.0. The Labute approximate surface area is 180 Å². The van der Waals surface area contributed by atoms with Crippen molar-refractivity contribution >= 4 is 11.7 Å². The van der Waals surface area contributed by atoms with E-state index in [0.29, 0.717) is 30.3 Å². The molecule has 2 unspecified atom stereocenters. The predicted molar refractivity (Wildman–Crippen MR) is 110 cm³/mol. The van der Waals surface area contributed by atoms with E-state index in [-0.39, 0.29) is 24.0 Å². The van der Waals surface area contributed by atoms with Crippen LogP contribution in [0.25, 0.3) is 0 Å². The Morgan fingerprint density at radius 3 is 2.77 bits per heavy atom. The Morgan fingerprint density at radius 1 is 1.29 bits per heavy atom. The second-order valence-electron chi connectivity index (χ2n) is 7.41. The summed E-state index contributed by atoms with van der Waals surface area (Å²) >= 11 is 0. The maximum absolute atomic E-state index is 13.2. The van der Waals surface area contributed by atoms with Gasteiger partial charge in [-0.25, -0.2) is 0 Å². The summed E-state index contributed by atoms with van der Waals surface area (Å²) in [6.45, 7) is 3.22. The van der Waals surface area contributed by atoms with Gasteiger partial charge in [0.15, 0.2) is 23.0 Å². The third-order valence-electron chi connectivity index (χ3n) is 5.52. The summed E-state index contributed by atoms with van der Waals surface area (Å²) < 4.78 is 22.0. The largest absolute Gasteiger partial charge is 0.503 e. The van der Waals surface area contributed by atoms with Crippen LogP contribution in [-0.4, -0.2) is 54.7 Å². The van der Waals surface area contributed by atoms with Gasteiger partial charge in [0.1, 0.15) is 0 Å². The lowest BCUT2D eigenvalue weighted by Gasteiger charge is -2.29. The topological polar surface area (TPSA) is 98.4 Å². The summed E-state index contributed by atoms with van der Waals surface area (Å²) in [6, 6.07) is 7.50. The SMILES string of the molecule is CCOc1ccc(C2C(C(=O)c3ccco3)=C(O)C(=O)N2CC2CCCO2)cc1OC. The van der Waals surface area contributed by atoms with E-state index in [2.05, 4.69) is 0 Å². The van der Waals surface area contributed by atoms with Gasteiger partial charge in [-0.1, -0.05) is 6.07 Å². The summed E-state index contributed by atoms with van der Waals surface area (Å²) in [6.07, 6.45) is 2.94. The highest BCUT2D eigenvalue weighted by atomic mass is 16.5. The molecule has 0 aliphatic carbocycles. The summed E-state index contributed by atoms with van der Waals surface area (Å²) in [7, 11) is 1.52. The fourth-order valence-electron chi connectivity index (χ4n) is 4.10. The molecule has 1 saturated heterocycles. The van der Waals surface area contributed by atoms with E-state index in [0.717, 1.165) is 12.8 Å². The van der Waals surface area contributed by atoms with Crippen molar-refractivity contribution < 1.29 is 33.3 Å². The number of carbonyl (C=O) groups is 2. The Kier molecular flexibility index (Phi) is 5.99. The van der Waals surface area contributed by atoms with E-state index >= 15 is 0 Å². The second kappa shape index (κ2) is 8.85. The van der Waals surface area contributed by atoms with Gasteiger partial charge in [0.25, 0.3) is 5.91 Å². The highest BCUT2D eigenvalue weighted by molar-refractivity contribution is 6.15. The Balaban J connectivity index is 1.77. The molecule has 0 radical (unpaired) electrons. The number of benzene rings is 1. The van der Waals surface area contributed by atoms with Gasteiger partial charge in [-0.2, -0.15) is 0 Å². The lowest BCUT2D eigenvalue weighted by atomic mass is 9.94. The minimum absolute atomic E-state index is 0.0239. The van der Waals surface area contributed by atoms with Crippen LogP contribution in [0.1, 0.15) is 41.9 Å². The molecule has 1 amide bonds. The van der Waals surface area contributed by atoms with Crippen molar-refractivity contribution in [1.29, 1.82) is 0 Å². The number of furan rings is 1. The molecule has 0 spiro atoms. The minimum Gasteiger partial charge on any atom is -0.503 e. The van der Waals surface area contributed by atoms with E-state index in [9.17, 15) is 14.7 Å². The van der Waals surface area contributed by atoms with E-state index in [1.54, 1.807) is 24.3 Å². The smallest absolute Gasteiger partial charge is 0.290 e. The maximum Gasteiger partial charge on any atom is 0.290 e. The van der Waals surface area contributed by atoms with Crippen LogP contribution in [0.5, 0.6) is 11.5 Å². The van der Waals surface area contributed by atoms with E-state index < -0.39 is 23.5 Å². The van der Waals surface area contributed by atoms with Crippen LogP contribution >= 0.6 is 0 Å². The Bertz CT molecular complexity index is 989. The van der Waals surface area contributed by atoms with Crippen molar-refractivity contribution in [2.75, 3.05) is 26.9 Å². The van der Waals surface area contributed by atoms with Crippen molar-refractivity contribution in [3.8, 4) is 11.5 Å². The summed E-state index contributed by atoms with van der Waals surface area (Å²) in [4.78, 5) is 27.7. The van der Waals surface area contributed by atoms with Gasteiger partial charge in [-0.05, 0) is 49.6 Å². The number of ketones is 1. The highest BCUT2D eigenvalue weighted by Crippen LogP contribution is 2.42. The minimum atomic E-state index is -0.807. The van der Waals surface area contributed by atoms with E-state index in [1.807, 2.05) is 6.92 Å². The second-order valence-corrected chi connectivity index (χ2v) is 7.41. The maximum atomic E-state index is 13.2. The number of hydrogen-bond acceptors (Lipinski definition) is 7. The molecular weight excluding hydrogens is 402 g/mol. The number of amides is 1. The van der Waals surface area contributed by atoms with Crippen molar-refractivity contribution in [3.05, 3.63) is 59.3 Å². The first-order valence-electron chi connectivity index (χ1n) is 10.3. The van der Waals surface area contributed by atoms with Gasteiger partial charge >= 0.3 is 0 Å². The standard InChI is InChI=1S/C23H25NO7/c1-3-29-16-9-8-14(12-18(16)28-2)20-19(21(25)17-7-5-11-31-17)22(26)23(27)24(20)13-15-6-4-10-30-15/h5,7-9,11-12,15,20,26H,3-4,6,10,13H2,1-2H3. The molecule has 4 rings (SSSR count). The Morgan fingerprint density at radius 2 is 2.13 bits per heavy atom. The van der Waals surface area contributed by atoms with E-state index in [1.165, 1.54) is 24.3 Å². The average molecular weight is 427 g/mol. The van der Waals surface area contributed by atoms with Crippen LogP contribution in [0.4, 0.5) is 0 Å². The van der Waals surface area contributed by atoms with Crippen LogP contribution in [0, 0.1) is 0 Å². The molecule has 1 fully saturated rings. The number of ether oxygens (including phenoxy) is 3. The van der Waals surface area contributed by atoms with Crippen LogP contribution in [0.3, 0.4) is 0 Å². The van der Waals surface area contributed by atoms with Gasteiger partial charge in [-0.3, -0.25) is 9.59 Å². The molecule has 164 valence electrons. The fourth-order valence-corrected chi connectivity index (χ4v) is 4.10. The molecule has 2 aromatic rings. The van der Waals surface area contributed by atoms with Crippen LogP contribution in [0.15, 0.2) is 52.3 Å². The van der Waals surface area contributed by atoms with Crippen molar-refractivity contribution in [2.24, 2.45) is 0 Å². The number of methoxy groups -OCH3 is 1. The average Bonchev–Trinajstić information content (AvgIpc) is 3.53. The Hall–Kier alpha value is -3.26. The predicted octanol–water partition coefficient (Wildman–Crippen LogP) is 3.44. The normalized spacial score (nSPS) is 21.1. The molecule has 0 bridgehead atoms. The lowest BCUT2D eigenvalue weighted by molar-refractivity contribution is -0.131. The zero-order valence-electron chi connectivity index (χ0n) is 17.5. The molecule has 1 N–H and O–H groups in total. The highest BCUT2D eigenvalue weighted by Gasteiger charge is 2.45. The number of rotatable bonds is 8.